The number of nitrogens with zero attached hydrogens (tertiary/aromatic N) is 1. The zero-order valence-electron chi connectivity index (χ0n) is 11.1. The molecule has 94 valence electrons. The van der Waals surface area contributed by atoms with Gasteiger partial charge in [-0.25, -0.2) is 0 Å². The number of likely N-dealkylation sites (N-methyl/N-ethyl adjacent to an activating group) is 1. The second-order valence-electron chi connectivity index (χ2n) is 5.69. The molecule has 2 heteroatoms. The van der Waals surface area contributed by atoms with Crippen molar-refractivity contribution < 1.29 is 0 Å². The summed E-state index contributed by atoms with van der Waals surface area (Å²) < 4.78 is 0. The number of nitrogens with two attached hydrogens (primary N) is 1. The molecular weight excluding hydrogens is 208 g/mol. The van der Waals surface area contributed by atoms with E-state index in [1.807, 2.05) is 0 Å². The lowest BCUT2D eigenvalue weighted by Crippen LogP contribution is -2.53. The molecule has 0 saturated carbocycles. The molecule has 0 aliphatic carbocycles. The van der Waals surface area contributed by atoms with Gasteiger partial charge in [0.25, 0.3) is 0 Å². The third kappa shape index (κ3) is 3.55. The molecular formula is C15H24N2. The molecule has 17 heavy (non-hydrogen) atoms. The lowest BCUT2D eigenvalue weighted by Gasteiger charge is -2.38. The Balaban J connectivity index is 1.90. The summed E-state index contributed by atoms with van der Waals surface area (Å²) in [5.74, 6) is 0. The molecule has 1 fully saturated rings. The fraction of sp³-hybridized carbons (Fsp3) is 0.600. The maximum Gasteiger partial charge on any atom is 0.0286 e. The number of piperidine rings is 1. The summed E-state index contributed by atoms with van der Waals surface area (Å²) in [6.07, 6.45) is 4.61. The van der Waals surface area contributed by atoms with E-state index in [-0.39, 0.29) is 5.54 Å². The van der Waals surface area contributed by atoms with Gasteiger partial charge in [-0.1, -0.05) is 29.8 Å². The highest BCUT2D eigenvalue weighted by Crippen LogP contribution is 2.23. The van der Waals surface area contributed by atoms with E-state index in [0.717, 1.165) is 19.4 Å². The molecule has 1 saturated heterocycles. The van der Waals surface area contributed by atoms with Gasteiger partial charge in [-0.15, -0.1) is 0 Å². The van der Waals surface area contributed by atoms with E-state index in [1.54, 1.807) is 0 Å². The van der Waals surface area contributed by atoms with Gasteiger partial charge in [-0.3, -0.25) is 0 Å². The van der Waals surface area contributed by atoms with Crippen molar-refractivity contribution in [3.8, 4) is 0 Å². The van der Waals surface area contributed by atoms with Crippen LogP contribution in [0.5, 0.6) is 0 Å². The normalized spacial score (nSPS) is 26.1. The van der Waals surface area contributed by atoms with Crippen LogP contribution in [0.1, 0.15) is 30.4 Å². The molecule has 0 aromatic heterocycles. The Morgan fingerprint density at radius 3 is 2.65 bits per heavy atom. The molecule has 1 aliphatic heterocycles. The third-order valence-corrected chi connectivity index (χ3v) is 3.83. The van der Waals surface area contributed by atoms with Gasteiger partial charge in [-0.2, -0.15) is 0 Å². The molecule has 1 unspecified atom stereocenters. The van der Waals surface area contributed by atoms with E-state index in [1.165, 1.54) is 30.5 Å². The Bertz CT molecular complexity index is 358. The Hall–Kier alpha value is -0.860. The lowest BCUT2D eigenvalue weighted by molar-refractivity contribution is 0.170. The summed E-state index contributed by atoms with van der Waals surface area (Å²) in [5, 5.41) is 0. The van der Waals surface area contributed by atoms with Crippen LogP contribution in [0.3, 0.4) is 0 Å². The SMILES string of the molecule is Cc1ccc(CCC2(N)CCCN(C)C2)cc1. The number of benzene rings is 1. The van der Waals surface area contributed by atoms with Crippen LogP contribution < -0.4 is 5.73 Å². The van der Waals surface area contributed by atoms with Crippen molar-refractivity contribution in [2.24, 2.45) is 5.73 Å². The van der Waals surface area contributed by atoms with Gasteiger partial charge in [0.2, 0.25) is 0 Å². The van der Waals surface area contributed by atoms with Crippen molar-refractivity contribution in [3.63, 3.8) is 0 Å². The van der Waals surface area contributed by atoms with E-state index in [4.69, 9.17) is 5.73 Å². The van der Waals surface area contributed by atoms with Crippen molar-refractivity contribution >= 4 is 0 Å². The van der Waals surface area contributed by atoms with Crippen molar-refractivity contribution in [3.05, 3.63) is 35.4 Å². The van der Waals surface area contributed by atoms with Gasteiger partial charge in [0, 0.05) is 12.1 Å². The van der Waals surface area contributed by atoms with Crippen molar-refractivity contribution in [2.45, 2.75) is 38.1 Å². The molecule has 0 amide bonds. The number of rotatable bonds is 3. The zero-order chi connectivity index (χ0) is 12.3. The summed E-state index contributed by atoms with van der Waals surface area (Å²) in [4.78, 5) is 2.36. The Labute approximate surface area is 105 Å². The molecule has 1 aromatic carbocycles. The van der Waals surface area contributed by atoms with Gasteiger partial charge < -0.3 is 10.6 Å². The summed E-state index contributed by atoms with van der Waals surface area (Å²) in [7, 11) is 2.17. The highest BCUT2D eigenvalue weighted by molar-refractivity contribution is 5.21. The highest BCUT2D eigenvalue weighted by atomic mass is 15.1. The molecule has 2 N–H and O–H groups in total. The Morgan fingerprint density at radius 2 is 2.00 bits per heavy atom. The third-order valence-electron chi connectivity index (χ3n) is 3.83. The van der Waals surface area contributed by atoms with Crippen LogP contribution in [0.15, 0.2) is 24.3 Å². The smallest absolute Gasteiger partial charge is 0.0286 e. The maximum atomic E-state index is 6.49. The molecule has 2 nitrogen and oxygen atoms in total. The summed E-state index contributed by atoms with van der Waals surface area (Å²) in [5.41, 5.74) is 9.25. The topological polar surface area (TPSA) is 29.3 Å². The Morgan fingerprint density at radius 1 is 1.29 bits per heavy atom. The molecule has 2 rings (SSSR count). The van der Waals surface area contributed by atoms with Crippen molar-refractivity contribution in [2.75, 3.05) is 20.1 Å². The predicted molar refractivity (Wildman–Crippen MR) is 73.1 cm³/mol. The first-order valence-electron chi connectivity index (χ1n) is 6.60. The average molecular weight is 232 g/mol. The second kappa shape index (κ2) is 5.19. The molecule has 1 aliphatic rings. The largest absolute Gasteiger partial charge is 0.324 e. The average Bonchev–Trinajstić information content (AvgIpc) is 2.28. The molecule has 1 aromatic rings. The summed E-state index contributed by atoms with van der Waals surface area (Å²) in [6, 6.07) is 8.83. The van der Waals surface area contributed by atoms with Gasteiger partial charge >= 0.3 is 0 Å². The van der Waals surface area contributed by atoms with Crippen molar-refractivity contribution in [1.82, 2.24) is 4.90 Å². The van der Waals surface area contributed by atoms with Crippen LogP contribution in [0, 0.1) is 6.92 Å². The number of aryl methyl sites for hydroxylation is 2. The predicted octanol–water partition coefficient (Wildman–Crippen LogP) is 2.35. The van der Waals surface area contributed by atoms with Gasteiger partial charge in [0.1, 0.15) is 0 Å². The van der Waals surface area contributed by atoms with Crippen LogP contribution in [0.2, 0.25) is 0 Å². The van der Waals surface area contributed by atoms with Gasteiger partial charge in [0.05, 0.1) is 0 Å². The standard InChI is InChI=1S/C15H24N2/c1-13-4-6-14(7-5-13)8-10-15(16)9-3-11-17(2)12-15/h4-7H,3,8-12,16H2,1-2H3. The first-order chi connectivity index (χ1) is 8.07. The maximum absolute atomic E-state index is 6.49. The van der Waals surface area contributed by atoms with E-state index < -0.39 is 0 Å². The molecule has 1 heterocycles. The fourth-order valence-corrected chi connectivity index (χ4v) is 2.75. The lowest BCUT2D eigenvalue weighted by atomic mass is 9.85. The van der Waals surface area contributed by atoms with E-state index >= 15 is 0 Å². The summed E-state index contributed by atoms with van der Waals surface area (Å²) >= 11 is 0. The molecule has 0 bridgehead atoms. The van der Waals surface area contributed by atoms with E-state index in [2.05, 4.69) is 43.1 Å². The fourth-order valence-electron chi connectivity index (χ4n) is 2.75. The first-order valence-corrected chi connectivity index (χ1v) is 6.60. The second-order valence-corrected chi connectivity index (χ2v) is 5.69. The van der Waals surface area contributed by atoms with Gasteiger partial charge in [-0.05, 0) is 51.8 Å². The van der Waals surface area contributed by atoms with Crippen LogP contribution in [-0.4, -0.2) is 30.6 Å². The van der Waals surface area contributed by atoms with Crippen LogP contribution in [0.25, 0.3) is 0 Å². The minimum atomic E-state index is 0.0257. The van der Waals surface area contributed by atoms with E-state index in [9.17, 15) is 0 Å². The quantitative estimate of drug-likeness (QED) is 0.867. The van der Waals surface area contributed by atoms with Gasteiger partial charge in [0.15, 0.2) is 0 Å². The van der Waals surface area contributed by atoms with E-state index in [0.29, 0.717) is 0 Å². The minimum absolute atomic E-state index is 0.0257. The molecule has 1 atom stereocenters. The number of hydrogen-bond donors (Lipinski definition) is 1. The molecule has 0 radical (unpaired) electrons. The summed E-state index contributed by atoms with van der Waals surface area (Å²) in [6.45, 7) is 4.37. The van der Waals surface area contributed by atoms with Crippen LogP contribution in [-0.2, 0) is 6.42 Å². The highest BCUT2D eigenvalue weighted by Gasteiger charge is 2.29. The molecule has 0 spiro atoms. The first kappa shape index (κ1) is 12.6. The van der Waals surface area contributed by atoms with Crippen LogP contribution >= 0.6 is 0 Å². The number of hydrogen-bond acceptors (Lipinski definition) is 2. The minimum Gasteiger partial charge on any atom is -0.324 e. The van der Waals surface area contributed by atoms with Crippen molar-refractivity contribution in [1.29, 1.82) is 0 Å². The zero-order valence-corrected chi connectivity index (χ0v) is 11.1. The number of likely N-dealkylation sites (tertiary alicyclic amines) is 1. The Kier molecular flexibility index (Phi) is 3.85. The van der Waals surface area contributed by atoms with Crippen LogP contribution in [0.4, 0.5) is 0 Å². The monoisotopic (exact) mass is 232 g/mol.